The Morgan fingerprint density at radius 2 is 2.00 bits per heavy atom. The van der Waals surface area contributed by atoms with Crippen LogP contribution in [0, 0.1) is 0 Å². The van der Waals surface area contributed by atoms with Crippen LogP contribution in [0.25, 0.3) is 0 Å². The van der Waals surface area contributed by atoms with E-state index in [1.54, 1.807) is 0 Å². The van der Waals surface area contributed by atoms with Crippen LogP contribution in [0.15, 0.2) is 0 Å². The minimum absolute atomic E-state index is 0.212. The summed E-state index contributed by atoms with van der Waals surface area (Å²) in [7, 11) is 0. The number of nitrogens with one attached hydrogen (secondary N) is 1. The van der Waals surface area contributed by atoms with Crippen molar-refractivity contribution in [3.8, 4) is 0 Å². The molecule has 0 aromatic heterocycles. The molecule has 0 radical (unpaired) electrons. The minimum atomic E-state index is -0.372. The average molecular weight is 258 g/mol. The summed E-state index contributed by atoms with van der Waals surface area (Å²) >= 11 is -0.212. The standard InChI is InChI=1S/C6H13INO2/c1-6(2,3)10-5(9)8-7-4/h1-4H3,(H,8,9)/q-1. The Bertz CT molecular complexity index is 119. The first-order valence-electron chi connectivity index (χ1n) is 2.93. The van der Waals surface area contributed by atoms with Crippen molar-refractivity contribution < 1.29 is 31.0 Å². The molecule has 62 valence electrons. The van der Waals surface area contributed by atoms with Crippen LogP contribution in [-0.2, 0) is 4.74 Å². The topological polar surface area (TPSA) is 38.3 Å². The zero-order chi connectivity index (χ0) is 8.20. The summed E-state index contributed by atoms with van der Waals surface area (Å²) in [6.45, 7) is 5.54. The third-order valence-corrected chi connectivity index (χ3v) is 1.55. The molecule has 0 bridgehead atoms. The van der Waals surface area contributed by atoms with E-state index in [0.717, 1.165) is 0 Å². The summed E-state index contributed by atoms with van der Waals surface area (Å²) in [5.41, 5.74) is -0.372. The van der Waals surface area contributed by atoms with E-state index >= 15 is 0 Å². The third kappa shape index (κ3) is 6.12. The summed E-state index contributed by atoms with van der Waals surface area (Å²) in [5, 5.41) is 0. The Morgan fingerprint density at radius 1 is 1.50 bits per heavy atom. The molecular weight excluding hydrogens is 245 g/mol. The number of rotatable bonds is 1. The van der Waals surface area contributed by atoms with Crippen molar-refractivity contribution in [2.45, 2.75) is 26.4 Å². The van der Waals surface area contributed by atoms with Crippen molar-refractivity contribution in [3.05, 3.63) is 0 Å². The predicted molar refractivity (Wildman–Crippen MR) is 35.3 cm³/mol. The quantitative estimate of drug-likeness (QED) is 0.340. The zero-order valence-electron chi connectivity index (χ0n) is 6.69. The van der Waals surface area contributed by atoms with Gasteiger partial charge in [-0.15, -0.1) is 0 Å². The number of halogens is 1. The normalized spacial score (nSPS) is 11.2. The van der Waals surface area contributed by atoms with Crippen molar-refractivity contribution in [2.24, 2.45) is 0 Å². The summed E-state index contributed by atoms with van der Waals surface area (Å²) in [5.74, 6) is 0. The first-order valence-corrected chi connectivity index (χ1v) is 6.17. The Balaban J connectivity index is 3.58. The number of carbonyl (C=O) groups is 1. The molecule has 0 aliphatic carbocycles. The van der Waals surface area contributed by atoms with Gasteiger partial charge in [-0.2, -0.15) is 0 Å². The van der Waals surface area contributed by atoms with Gasteiger partial charge in [0.25, 0.3) is 0 Å². The van der Waals surface area contributed by atoms with Gasteiger partial charge >= 0.3 is 71.9 Å². The van der Waals surface area contributed by atoms with Crippen LogP contribution in [-0.4, -0.2) is 16.6 Å². The zero-order valence-corrected chi connectivity index (χ0v) is 8.85. The monoisotopic (exact) mass is 258 g/mol. The van der Waals surface area contributed by atoms with Crippen LogP contribution in [0.2, 0.25) is 0 Å². The van der Waals surface area contributed by atoms with Gasteiger partial charge in [0.05, 0.1) is 0 Å². The van der Waals surface area contributed by atoms with Crippen LogP contribution >= 0.6 is 0 Å². The molecule has 0 fully saturated rings. The van der Waals surface area contributed by atoms with Crippen molar-refractivity contribution in [2.75, 3.05) is 4.93 Å². The van der Waals surface area contributed by atoms with E-state index in [9.17, 15) is 4.79 Å². The molecule has 0 spiro atoms. The van der Waals surface area contributed by atoms with E-state index in [1.807, 2.05) is 25.7 Å². The summed E-state index contributed by atoms with van der Waals surface area (Å²) in [4.78, 5) is 12.7. The van der Waals surface area contributed by atoms with E-state index in [-0.39, 0.29) is 33.2 Å². The number of ether oxygens (including phenoxy) is 1. The molecule has 0 aromatic rings. The number of amides is 1. The fourth-order valence-electron chi connectivity index (χ4n) is 0.375. The van der Waals surface area contributed by atoms with Crippen LogP contribution in [0.3, 0.4) is 0 Å². The maximum absolute atomic E-state index is 10.8. The molecule has 1 amide bonds. The van der Waals surface area contributed by atoms with E-state index in [0.29, 0.717) is 0 Å². The molecule has 0 atom stereocenters. The van der Waals surface area contributed by atoms with Crippen LogP contribution in [0.1, 0.15) is 20.8 Å². The van der Waals surface area contributed by atoms with Crippen LogP contribution in [0.4, 0.5) is 4.79 Å². The number of hydrogen-bond acceptors (Lipinski definition) is 2. The van der Waals surface area contributed by atoms with Gasteiger partial charge < -0.3 is 0 Å². The molecule has 3 nitrogen and oxygen atoms in total. The third-order valence-electron chi connectivity index (χ3n) is 0.571. The second-order valence-electron chi connectivity index (χ2n) is 2.79. The first-order chi connectivity index (χ1) is 4.45. The Labute approximate surface area is 72.1 Å². The van der Waals surface area contributed by atoms with Gasteiger partial charge in [-0.3, -0.25) is 0 Å². The van der Waals surface area contributed by atoms with Gasteiger partial charge in [-0.1, -0.05) is 0 Å². The Morgan fingerprint density at radius 3 is 2.30 bits per heavy atom. The fourth-order valence-corrected chi connectivity index (χ4v) is 0.925. The first kappa shape index (κ1) is 10.0. The molecule has 0 unspecified atom stereocenters. The van der Waals surface area contributed by atoms with Gasteiger partial charge in [0.2, 0.25) is 0 Å². The molecule has 0 rings (SSSR count). The molecule has 0 aliphatic heterocycles. The van der Waals surface area contributed by atoms with Gasteiger partial charge in [-0.05, 0) is 0 Å². The molecular formula is C6H13INO2-. The summed E-state index contributed by atoms with van der Waals surface area (Å²) in [6.07, 6.45) is -0.303. The Kier molecular flexibility index (Phi) is 4.00. The van der Waals surface area contributed by atoms with Crippen LogP contribution < -0.4 is 25.0 Å². The van der Waals surface area contributed by atoms with E-state index in [2.05, 4.69) is 3.53 Å². The molecule has 0 aromatic carbocycles. The average Bonchev–Trinajstić information content (AvgIpc) is 1.59. The molecule has 0 saturated carbocycles. The molecule has 0 aliphatic rings. The number of alkyl halides is 1. The van der Waals surface area contributed by atoms with E-state index in [1.165, 1.54) is 0 Å². The number of hydrogen-bond donors (Lipinski definition) is 1. The molecule has 10 heavy (non-hydrogen) atoms. The van der Waals surface area contributed by atoms with Crippen LogP contribution in [0.5, 0.6) is 0 Å². The van der Waals surface area contributed by atoms with Gasteiger partial charge in [-0.25, -0.2) is 0 Å². The van der Waals surface area contributed by atoms with Gasteiger partial charge in [0, 0.05) is 0 Å². The summed E-state index contributed by atoms with van der Waals surface area (Å²) < 4.78 is 7.61. The molecule has 1 N–H and O–H groups in total. The summed E-state index contributed by atoms with van der Waals surface area (Å²) in [6, 6.07) is 0. The second-order valence-corrected chi connectivity index (χ2v) is 4.40. The maximum atomic E-state index is 10.8. The van der Waals surface area contributed by atoms with Gasteiger partial charge in [0.15, 0.2) is 0 Å². The second kappa shape index (κ2) is 4.00. The fraction of sp³-hybridized carbons (Fsp3) is 0.833. The van der Waals surface area contributed by atoms with Crippen molar-refractivity contribution in [1.29, 1.82) is 0 Å². The molecule has 0 heterocycles. The van der Waals surface area contributed by atoms with E-state index < -0.39 is 0 Å². The van der Waals surface area contributed by atoms with Gasteiger partial charge in [0.1, 0.15) is 0 Å². The SMILES string of the molecule is C[I-]NC(=O)OC(C)(C)C. The van der Waals surface area contributed by atoms with Crippen molar-refractivity contribution >= 4 is 6.09 Å². The predicted octanol–water partition coefficient (Wildman–Crippen LogP) is -1.86. The number of carbonyl (C=O) groups excluding carboxylic acids is 1. The van der Waals surface area contributed by atoms with Crippen molar-refractivity contribution in [1.82, 2.24) is 3.53 Å². The van der Waals surface area contributed by atoms with E-state index in [4.69, 9.17) is 4.74 Å². The molecule has 0 saturated heterocycles. The van der Waals surface area contributed by atoms with Crippen molar-refractivity contribution in [3.63, 3.8) is 0 Å². The molecule has 4 heteroatoms. The Hall–Kier alpha value is 0.